The van der Waals surface area contributed by atoms with Crippen LogP contribution in [0.15, 0.2) is 41.1 Å². The van der Waals surface area contributed by atoms with Gasteiger partial charge in [-0.25, -0.2) is 4.98 Å². The van der Waals surface area contributed by atoms with E-state index >= 15 is 0 Å². The van der Waals surface area contributed by atoms with Gasteiger partial charge in [0.2, 0.25) is 5.71 Å². The second kappa shape index (κ2) is 4.39. The van der Waals surface area contributed by atoms with E-state index in [9.17, 15) is 0 Å². The highest BCUT2D eigenvalue weighted by Gasteiger charge is 2.11. The van der Waals surface area contributed by atoms with Gasteiger partial charge in [-0.05, 0) is 19.4 Å². The third-order valence-corrected chi connectivity index (χ3v) is 3.40. The molecule has 2 aromatic heterocycles. The van der Waals surface area contributed by atoms with Crippen molar-refractivity contribution in [3.63, 3.8) is 0 Å². The van der Waals surface area contributed by atoms with Crippen LogP contribution in [0.1, 0.15) is 16.9 Å². The molecule has 19 heavy (non-hydrogen) atoms. The summed E-state index contributed by atoms with van der Waals surface area (Å²) in [5.74, 6) is 0.827. The molecule has 0 bridgehead atoms. The third kappa shape index (κ3) is 1.95. The van der Waals surface area contributed by atoms with Crippen LogP contribution in [-0.4, -0.2) is 9.55 Å². The van der Waals surface area contributed by atoms with E-state index in [4.69, 9.17) is 9.83 Å². The summed E-state index contributed by atoms with van der Waals surface area (Å²) in [5, 5.41) is 9.11. The Labute approximate surface area is 110 Å². The Kier molecular flexibility index (Phi) is 2.71. The molecule has 0 amide bonds. The molecule has 0 aliphatic carbocycles. The van der Waals surface area contributed by atoms with Crippen molar-refractivity contribution in [2.24, 2.45) is 0 Å². The zero-order chi connectivity index (χ0) is 13.4. The maximum absolute atomic E-state index is 8.31. The largest absolute Gasteiger partial charge is 0.443 e. The Morgan fingerprint density at radius 3 is 2.68 bits per heavy atom. The molecule has 3 rings (SSSR count). The van der Waals surface area contributed by atoms with Gasteiger partial charge in [0.15, 0.2) is 0 Å². The fourth-order valence-electron chi connectivity index (χ4n) is 2.20. The first-order chi connectivity index (χ1) is 9.16. The quantitative estimate of drug-likeness (QED) is 0.763. The van der Waals surface area contributed by atoms with Gasteiger partial charge in [0.25, 0.3) is 0 Å². The Bertz CT molecular complexity index is 784. The summed E-state index contributed by atoms with van der Waals surface area (Å²) in [5.41, 5.74) is 3.14. The van der Waals surface area contributed by atoms with Gasteiger partial charge in [0.1, 0.15) is 17.6 Å². The highest BCUT2D eigenvalue weighted by molar-refractivity contribution is 5.76. The smallest absolute Gasteiger partial charge is 0.231 e. The lowest BCUT2D eigenvalue weighted by molar-refractivity contribution is 0.560. The molecule has 4 heteroatoms. The van der Waals surface area contributed by atoms with Crippen molar-refractivity contribution in [2.75, 3.05) is 0 Å². The highest BCUT2D eigenvalue weighted by atomic mass is 16.3. The normalized spacial score (nSPS) is 11.1. The molecule has 0 unspecified atom stereocenters. The molecule has 96 valence electrons. The van der Waals surface area contributed by atoms with E-state index in [2.05, 4.69) is 4.98 Å². The first-order valence-electron chi connectivity index (χ1n) is 6.20. The number of nitrogens with one attached hydrogen (secondary N) is 1. The van der Waals surface area contributed by atoms with E-state index in [1.807, 2.05) is 48.7 Å². The van der Waals surface area contributed by atoms with Crippen LogP contribution < -0.4 is 5.49 Å². The molecule has 2 heterocycles. The van der Waals surface area contributed by atoms with Crippen molar-refractivity contribution in [1.29, 1.82) is 5.41 Å². The average molecular weight is 253 g/mol. The molecular formula is C15H15N3O. The molecule has 0 spiro atoms. The van der Waals surface area contributed by atoms with Crippen LogP contribution in [0, 0.1) is 19.3 Å². The van der Waals surface area contributed by atoms with Crippen molar-refractivity contribution < 1.29 is 4.42 Å². The van der Waals surface area contributed by atoms with E-state index < -0.39 is 0 Å². The van der Waals surface area contributed by atoms with Crippen LogP contribution in [0.5, 0.6) is 0 Å². The molecule has 1 N–H and O–H groups in total. The van der Waals surface area contributed by atoms with Gasteiger partial charge in [-0.15, -0.1) is 0 Å². The number of hydrogen-bond acceptors (Lipinski definition) is 3. The predicted octanol–water partition coefficient (Wildman–Crippen LogP) is 2.77. The summed E-state index contributed by atoms with van der Waals surface area (Å²) < 4.78 is 7.37. The number of fused-ring (bicyclic) bond motifs is 1. The SMILES string of the molecule is Cc1oc2ncn(Cc3ccccc3)c(=N)c2c1C. The van der Waals surface area contributed by atoms with Gasteiger partial charge in [0, 0.05) is 5.56 Å². The lowest BCUT2D eigenvalue weighted by Crippen LogP contribution is -2.21. The van der Waals surface area contributed by atoms with Gasteiger partial charge in [-0.3, -0.25) is 5.41 Å². The molecular weight excluding hydrogens is 238 g/mol. The lowest BCUT2D eigenvalue weighted by Gasteiger charge is -2.06. The second-order valence-electron chi connectivity index (χ2n) is 4.67. The Morgan fingerprint density at radius 1 is 1.21 bits per heavy atom. The summed E-state index contributed by atoms with van der Waals surface area (Å²) in [6.45, 7) is 4.51. The molecule has 0 radical (unpaired) electrons. The van der Waals surface area contributed by atoms with Crippen LogP contribution in [-0.2, 0) is 6.54 Å². The average Bonchev–Trinajstić information content (AvgIpc) is 2.71. The maximum Gasteiger partial charge on any atom is 0.231 e. The lowest BCUT2D eigenvalue weighted by atomic mass is 10.2. The van der Waals surface area contributed by atoms with Gasteiger partial charge in [0.05, 0.1) is 11.9 Å². The molecule has 4 nitrogen and oxygen atoms in total. The number of rotatable bonds is 2. The zero-order valence-electron chi connectivity index (χ0n) is 11.0. The minimum Gasteiger partial charge on any atom is -0.443 e. The Balaban J connectivity index is 2.13. The summed E-state index contributed by atoms with van der Waals surface area (Å²) in [4.78, 5) is 4.30. The summed E-state index contributed by atoms with van der Waals surface area (Å²) in [6.07, 6.45) is 1.67. The van der Waals surface area contributed by atoms with Crippen LogP contribution in [0.4, 0.5) is 0 Å². The van der Waals surface area contributed by atoms with Crippen molar-refractivity contribution in [3.05, 3.63) is 59.0 Å². The molecule has 1 aromatic carbocycles. The maximum atomic E-state index is 8.31. The van der Waals surface area contributed by atoms with Crippen molar-refractivity contribution in [1.82, 2.24) is 9.55 Å². The minimum absolute atomic E-state index is 0.447. The zero-order valence-corrected chi connectivity index (χ0v) is 11.0. The topological polar surface area (TPSA) is 54.8 Å². The number of aryl methyl sites for hydroxylation is 2. The molecule has 0 atom stereocenters. The fourth-order valence-corrected chi connectivity index (χ4v) is 2.20. The summed E-state index contributed by atoms with van der Waals surface area (Å²) in [6, 6.07) is 10.1. The van der Waals surface area contributed by atoms with Crippen LogP contribution >= 0.6 is 0 Å². The van der Waals surface area contributed by atoms with Crippen molar-refractivity contribution in [2.45, 2.75) is 20.4 Å². The van der Waals surface area contributed by atoms with Crippen LogP contribution in [0.3, 0.4) is 0 Å². The standard InChI is InChI=1S/C15H15N3O/c1-10-11(2)19-15-13(10)14(16)18(9-17-15)8-12-6-4-3-5-7-12/h3-7,9,16H,8H2,1-2H3. The predicted molar refractivity (Wildman–Crippen MR) is 72.9 cm³/mol. The molecule has 3 aromatic rings. The Hall–Kier alpha value is -2.36. The molecule has 0 aliphatic rings. The van der Waals surface area contributed by atoms with E-state index in [0.717, 1.165) is 22.3 Å². The van der Waals surface area contributed by atoms with E-state index in [0.29, 0.717) is 17.7 Å². The van der Waals surface area contributed by atoms with Crippen LogP contribution in [0.25, 0.3) is 11.1 Å². The third-order valence-electron chi connectivity index (χ3n) is 3.40. The molecule has 0 aliphatic heterocycles. The van der Waals surface area contributed by atoms with Gasteiger partial charge < -0.3 is 8.98 Å². The van der Waals surface area contributed by atoms with Crippen molar-refractivity contribution >= 4 is 11.1 Å². The molecule has 0 saturated heterocycles. The first-order valence-corrected chi connectivity index (χ1v) is 6.20. The molecule has 0 saturated carbocycles. The number of nitrogens with zero attached hydrogens (tertiary/aromatic N) is 2. The van der Waals surface area contributed by atoms with Crippen molar-refractivity contribution in [3.8, 4) is 0 Å². The van der Waals surface area contributed by atoms with E-state index in [1.54, 1.807) is 6.33 Å². The highest BCUT2D eigenvalue weighted by Crippen LogP contribution is 2.19. The second-order valence-corrected chi connectivity index (χ2v) is 4.67. The van der Waals surface area contributed by atoms with E-state index in [1.165, 1.54) is 0 Å². The summed E-state index contributed by atoms with van der Waals surface area (Å²) >= 11 is 0. The van der Waals surface area contributed by atoms with Gasteiger partial charge >= 0.3 is 0 Å². The number of hydrogen-bond donors (Lipinski definition) is 1. The number of furan rings is 1. The monoisotopic (exact) mass is 253 g/mol. The fraction of sp³-hybridized carbons (Fsp3) is 0.200. The van der Waals surface area contributed by atoms with Crippen LogP contribution in [0.2, 0.25) is 0 Å². The first kappa shape index (κ1) is 11.7. The number of benzene rings is 1. The molecule has 0 fully saturated rings. The minimum atomic E-state index is 0.447. The Morgan fingerprint density at radius 2 is 1.95 bits per heavy atom. The van der Waals surface area contributed by atoms with Gasteiger partial charge in [-0.2, -0.15) is 0 Å². The van der Waals surface area contributed by atoms with E-state index in [-0.39, 0.29) is 0 Å². The number of aromatic nitrogens is 2. The summed E-state index contributed by atoms with van der Waals surface area (Å²) in [7, 11) is 0. The van der Waals surface area contributed by atoms with Gasteiger partial charge in [-0.1, -0.05) is 30.3 Å².